The van der Waals surface area contributed by atoms with Crippen LogP contribution in [0.1, 0.15) is 31.7 Å². The molecule has 98 valence electrons. The fourth-order valence-electron chi connectivity index (χ4n) is 2.95. The Balaban J connectivity index is 1.64. The first-order valence-corrected chi connectivity index (χ1v) is 7.57. The normalized spacial score (nSPS) is 28.6. The van der Waals surface area contributed by atoms with E-state index < -0.39 is 0 Å². The third kappa shape index (κ3) is 2.54. The Hall–Kier alpha value is -0.610. The van der Waals surface area contributed by atoms with Gasteiger partial charge >= 0.3 is 0 Å². The van der Waals surface area contributed by atoms with E-state index >= 15 is 0 Å². The second kappa shape index (κ2) is 4.82. The van der Waals surface area contributed by atoms with E-state index in [9.17, 15) is 0 Å². The van der Waals surface area contributed by atoms with Crippen LogP contribution in [0.15, 0.2) is 16.9 Å². The van der Waals surface area contributed by atoms with E-state index in [0.29, 0.717) is 6.04 Å². The Morgan fingerprint density at radius 1 is 1.44 bits per heavy atom. The predicted molar refractivity (Wildman–Crippen MR) is 77.9 cm³/mol. The van der Waals surface area contributed by atoms with Crippen LogP contribution in [-0.4, -0.2) is 34.6 Å². The van der Waals surface area contributed by atoms with E-state index in [2.05, 4.69) is 51.0 Å². The van der Waals surface area contributed by atoms with Gasteiger partial charge in [0.05, 0.1) is 11.9 Å². The molecule has 1 aromatic heterocycles. The Kier molecular flexibility index (Phi) is 3.32. The van der Waals surface area contributed by atoms with Crippen LogP contribution in [0.5, 0.6) is 0 Å². The average molecular weight is 310 g/mol. The molecule has 0 radical (unpaired) electrons. The molecule has 2 heterocycles. The highest BCUT2D eigenvalue weighted by Gasteiger charge is 2.38. The molecular weight excluding hydrogens is 290 g/mol. The summed E-state index contributed by atoms with van der Waals surface area (Å²) < 4.78 is 0.937. The molecule has 1 saturated carbocycles. The highest BCUT2D eigenvalue weighted by Crippen LogP contribution is 2.34. The van der Waals surface area contributed by atoms with Crippen molar-refractivity contribution in [3.05, 3.63) is 22.4 Å². The Morgan fingerprint density at radius 2 is 2.22 bits per heavy atom. The molecule has 0 amide bonds. The number of halogens is 1. The number of aromatic nitrogens is 1. The highest BCUT2D eigenvalue weighted by atomic mass is 79.9. The molecular formula is C14H20BrN3. The minimum Gasteiger partial charge on any atom is -0.380 e. The maximum Gasteiger partial charge on any atom is 0.109 e. The van der Waals surface area contributed by atoms with Crippen LogP contribution < -0.4 is 5.32 Å². The molecule has 0 aromatic carbocycles. The van der Waals surface area contributed by atoms with Gasteiger partial charge in [-0.15, -0.1) is 0 Å². The molecule has 1 N–H and O–H groups in total. The molecule has 1 aliphatic heterocycles. The predicted octanol–water partition coefficient (Wildman–Crippen LogP) is 3.19. The first kappa shape index (κ1) is 12.4. The lowest BCUT2D eigenvalue weighted by molar-refractivity contribution is 0.257. The summed E-state index contributed by atoms with van der Waals surface area (Å²) >= 11 is 3.44. The van der Waals surface area contributed by atoms with E-state index in [4.69, 9.17) is 0 Å². The lowest BCUT2D eigenvalue weighted by atomic mass is 10.2. The molecule has 1 aromatic rings. The van der Waals surface area contributed by atoms with Gasteiger partial charge in [-0.05, 0) is 60.7 Å². The van der Waals surface area contributed by atoms with Crippen molar-refractivity contribution in [1.82, 2.24) is 9.88 Å². The topological polar surface area (TPSA) is 28.2 Å². The highest BCUT2D eigenvalue weighted by molar-refractivity contribution is 9.10. The van der Waals surface area contributed by atoms with Crippen LogP contribution in [0.25, 0.3) is 0 Å². The van der Waals surface area contributed by atoms with E-state index in [1.807, 2.05) is 6.20 Å². The molecule has 3 rings (SSSR count). The number of anilines is 1. The van der Waals surface area contributed by atoms with E-state index in [1.54, 1.807) is 0 Å². The fraction of sp³-hybridized carbons (Fsp3) is 0.643. The minimum absolute atomic E-state index is 0.572. The van der Waals surface area contributed by atoms with Crippen molar-refractivity contribution < 1.29 is 0 Å². The molecule has 2 fully saturated rings. The second-order valence-electron chi connectivity index (χ2n) is 5.69. The molecule has 2 aliphatic rings. The van der Waals surface area contributed by atoms with Gasteiger partial charge in [-0.1, -0.05) is 0 Å². The summed E-state index contributed by atoms with van der Waals surface area (Å²) in [5.74, 6) is 0. The summed E-state index contributed by atoms with van der Waals surface area (Å²) in [6.07, 6.45) is 5.96. The quantitative estimate of drug-likeness (QED) is 0.869. The van der Waals surface area contributed by atoms with Crippen molar-refractivity contribution in [2.45, 2.75) is 51.2 Å². The number of aryl methyl sites for hydroxylation is 1. The van der Waals surface area contributed by atoms with Gasteiger partial charge in [0.1, 0.15) is 4.60 Å². The zero-order valence-corrected chi connectivity index (χ0v) is 12.6. The standard InChI is InChI=1S/C14H20BrN3/c1-9-5-11(7-16-14(9)15)17-12-6-10(2)18(8-12)13-3-4-13/h5,7,10,12-13,17H,3-4,6,8H2,1-2H3. The second-order valence-corrected chi connectivity index (χ2v) is 6.44. The summed E-state index contributed by atoms with van der Waals surface area (Å²) in [4.78, 5) is 7.01. The van der Waals surface area contributed by atoms with Gasteiger partial charge in [-0.25, -0.2) is 4.98 Å². The molecule has 3 nitrogen and oxygen atoms in total. The minimum atomic E-state index is 0.572. The Labute approximate surface area is 117 Å². The molecule has 4 heteroatoms. The number of likely N-dealkylation sites (tertiary alicyclic amines) is 1. The van der Waals surface area contributed by atoms with Gasteiger partial charge in [-0.2, -0.15) is 0 Å². The zero-order chi connectivity index (χ0) is 12.7. The lowest BCUT2D eigenvalue weighted by Crippen LogP contribution is -2.31. The number of hydrogen-bond acceptors (Lipinski definition) is 3. The van der Waals surface area contributed by atoms with Crippen molar-refractivity contribution >= 4 is 21.6 Å². The fourth-order valence-corrected chi connectivity index (χ4v) is 3.17. The van der Waals surface area contributed by atoms with Crippen LogP contribution in [0.2, 0.25) is 0 Å². The zero-order valence-electron chi connectivity index (χ0n) is 11.0. The van der Waals surface area contributed by atoms with Gasteiger partial charge in [-0.3, -0.25) is 4.90 Å². The van der Waals surface area contributed by atoms with Crippen molar-refractivity contribution in [3.63, 3.8) is 0 Å². The third-order valence-electron chi connectivity index (χ3n) is 4.02. The largest absolute Gasteiger partial charge is 0.380 e. The van der Waals surface area contributed by atoms with E-state index in [-0.39, 0.29) is 0 Å². The summed E-state index contributed by atoms with van der Waals surface area (Å²) in [6, 6.07) is 4.33. The number of pyridine rings is 1. The van der Waals surface area contributed by atoms with Crippen molar-refractivity contribution in [3.8, 4) is 0 Å². The van der Waals surface area contributed by atoms with Gasteiger partial charge in [0.2, 0.25) is 0 Å². The first-order chi connectivity index (χ1) is 8.63. The van der Waals surface area contributed by atoms with Crippen molar-refractivity contribution in [1.29, 1.82) is 0 Å². The number of nitrogens with one attached hydrogen (secondary N) is 1. The molecule has 2 atom stereocenters. The smallest absolute Gasteiger partial charge is 0.109 e. The Morgan fingerprint density at radius 3 is 2.89 bits per heavy atom. The van der Waals surface area contributed by atoms with E-state index in [1.165, 1.54) is 31.4 Å². The van der Waals surface area contributed by atoms with Crippen LogP contribution in [0.3, 0.4) is 0 Å². The number of rotatable bonds is 3. The molecule has 2 unspecified atom stereocenters. The molecule has 18 heavy (non-hydrogen) atoms. The van der Waals surface area contributed by atoms with Crippen LogP contribution in [-0.2, 0) is 0 Å². The van der Waals surface area contributed by atoms with Gasteiger partial charge in [0.15, 0.2) is 0 Å². The van der Waals surface area contributed by atoms with Crippen molar-refractivity contribution in [2.75, 3.05) is 11.9 Å². The molecule has 0 spiro atoms. The maximum atomic E-state index is 4.35. The molecule has 1 saturated heterocycles. The Bertz CT molecular complexity index is 445. The lowest BCUT2D eigenvalue weighted by Gasteiger charge is -2.20. The van der Waals surface area contributed by atoms with Gasteiger partial charge in [0, 0.05) is 24.7 Å². The molecule has 1 aliphatic carbocycles. The maximum absolute atomic E-state index is 4.35. The van der Waals surface area contributed by atoms with Crippen LogP contribution >= 0.6 is 15.9 Å². The first-order valence-electron chi connectivity index (χ1n) is 6.78. The monoisotopic (exact) mass is 309 g/mol. The number of nitrogens with zero attached hydrogens (tertiary/aromatic N) is 2. The van der Waals surface area contributed by atoms with Crippen molar-refractivity contribution in [2.24, 2.45) is 0 Å². The van der Waals surface area contributed by atoms with Gasteiger partial charge in [0.25, 0.3) is 0 Å². The molecule has 0 bridgehead atoms. The van der Waals surface area contributed by atoms with Crippen LogP contribution in [0.4, 0.5) is 5.69 Å². The third-order valence-corrected chi connectivity index (χ3v) is 4.85. The summed E-state index contributed by atoms with van der Waals surface area (Å²) in [5, 5.41) is 3.63. The average Bonchev–Trinajstić information content (AvgIpc) is 3.09. The summed E-state index contributed by atoms with van der Waals surface area (Å²) in [5.41, 5.74) is 2.33. The summed E-state index contributed by atoms with van der Waals surface area (Å²) in [6.45, 7) is 5.61. The summed E-state index contributed by atoms with van der Waals surface area (Å²) in [7, 11) is 0. The van der Waals surface area contributed by atoms with Gasteiger partial charge < -0.3 is 5.32 Å². The van der Waals surface area contributed by atoms with E-state index in [0.717, 1.165) is 22.4 Å². The SMILES string of the molecule is Cc1cc(NC2CC(C)N(C3CC3)C2)cnc1Br. The number of hydrogen-bond donors (Lipinski definition) is 1. The van der Waals surface area contributed by atoms with Crippen LogP contribution in [0, 0.1) is 6.92 Å².